The minimum Gasteiger partial charge on any atom is -0.380 e. The van der Waals surface area contributed by atoms with Crippen molar-refractivity contribution < 1.29 is 9.90 Å². The zero-order valence-corrected chi connectivity index (χ0v) is 14.0. The summed E-state index contributed by atoms with van der Waals surface area (Å²) in [6.45, 7) is 1.20. The second-order valence-electron chi connectivity index (χ2n) is 6.75. The normalized spacial score (nSPS) is 15.7. The summed E-state index contributed by atoms with van der Waals surface area (Å²) in [6, 6.07) is 16.2. The van der Waals surface area contributed by atoms with Crippen molar-refractivity contribution >= 4 is 16.9 Å². The summed E-state index contributed by atoms with van der Waals surface area (Å²) in [5, 5.41) is 12.8. The molecule has 2 N–H and O–H groups in total. The number of aliphatic hydroxyl groups is 1. The fraction of sp³-hybridized carbons (Fsp3) is 0.300. The van der Waals surface area contributed by atoms with Gasteiger partial charge in [-0.3, -0.25) is 4.79 Å². The molecule has 1 aromatic heterocycles. The molecule has 5 nitrogen and oxygen atoms in total. The van der Waals surface area contributed by atoms with Crippen molar-refractivity contribution in [3.8, 4) is 0 Å². The minimum atomic E-state index is -1.14. The van der Waals surface area contributed by atoms with Crippen LogP contribution in [0.2, 0.25) is 0 Å². The summed E-state index contributed by atoms with van der Waals surface area (Å²) in [6.07, 6.45) is 3.91. The van der Waals surface area contributed by atoms with Gasteiger partial charge in [0.2, 0.25) is 0 Å². The largest absolute Gasteiger partial charge is 0.380 e. The number of nitrogens with one attached hydrogen (secondary N) is 1. The van der Waals surface area contributed by atoms with Gasteiger partial charge in [0.15, 0.2) is 0 Å². The van der Waals surface area contributed by atoms with Crippen LogP contribution in [0.4, 0.5) is 0 Å². The zero-order chi connectivity index (χ0) is 17.3. The summed E-state index contributed by atoms with van der Waals surface area (Å²) in [5.74, 6) is -0.257. The summed E-state index contributed by atoms with van der Waals surface area (Å²) in [4.78, 5) is 16.4. The second kappa shape index (κ2) is 6.33. The van der Waals surface area contributed by atoms with Crippen molar-refractivity contribution in [2.75, 3.05) is 0 Å². The third-order valence-corrected chi connectivity index (χ3v) is 4.96. The van der Waals surface area contributed by atoms with E-state index < -0.39 is 5.60 Å². The average Bonchev–Trinajstić information content (AvgIpc) is 3.02. The Kier molecular flexibility index (Phi) is 4.01. The topological polar surface area (TPSA) is 67.2 Å². The van der Waals surface area contributed by atoms with Crippen LogP contribution in [0.15, 0.2) is 54.9 Å². The Morgan fingerprint density at radius 3 is 2.56 bits per heavy atom. The third-order valence-electron chi connectivity index (χ3n) is 4.96. The van der Waals surface area contributed by atoms with E-state index in [0.29, 0.717) is 19.4 Å². The number of aromatic nitrogens is 2. The van der Waals surface area contributed by atoms with E-state index in [1.807, 2.05) is 36.7 Å². The molecular formula is C20H21N3O2. The van der Waals surface area contributed by atoms with E-state index in [0.717, 1.165) is 29.6 Å². The molecule has 2 aromatic carbocycles. The SMILES string of the molecule is O=C(NCc1ccc(Cn2cnc3ccccc32)cc1)C1(O)CCC1. The Labute approximate surface area is 146 Å². The van der Waals surface area contributed by atoms with Gasteiger partial charge in [0.05, 0.1) is 17.4 Å². The number of benzene rings is 2. The minimum absolute atomic E-state index is 0.257. The average molecular weight is 335 g/mol. The van der Waals surface area contributed by atoms with Gasteiger partial charge in [-0.15, -0.1) is 0 Å². The number of hydrogen-bond acceptors (Lipinski definition) is 3. The van der Waals surface area contributed by atoms with Crippen LogP contribution < -0.4 is 5.32 Å². The van der Waals surface area contributed by atoms with Gasteiger partial charge in [-0.25, -0.2) is 4.98 Å². The lowest BCUT2D eigenvalue weighted by molar-refractivity contribution is -0.148. The lowest BCUT2D eigenvalue weighted by atomic mass is 9.79. The van der Waals surface area contributed by atoms with Crippen LogP contribution >= 0.6 is 0 Å². The lowest BCUT2D eigenvalue weighted by Gasteiger charge is -2.34. The highest BCUT2D eigenvalue weighted by Gasteiger charge is 2.41. The van der Waals surface area contributed by atoms with Crippen LogP contribution in [0.1, 0.15) is 30.4 Å². The summed E-state index contributed by atoms with van der Waals surface area (Å²) < 4.78 is 2.12. The Bertz CT molecular complexity index is 895. The molecule has 128 valence electrons. The number of hydrogen-bond donors (Lipinski definition) is 2. The van der Waals surface area contributed by atoms with E-state index in [1.165, 1.54) is 5.56 Å². The predicted molar refractivity (Wildman–Crippen MR) is 95.9 cm³/mol. The van der Waals surface area contributed by atoms with E-state index in [9.17, 15) is 9.90 Å². The Hall–Kier alpha value is -2.66. The molecule has 1 aliphatic carbocycles. The molecule has 0 radical (unpaired) electrons. The van der Waals surface area contributed by atoms with Gasteiger partial charge in [0, 0.05) is 13.1 Å². The maximum Gasteiger partial charge on any atom is 0.252 e. The molecule has 0 atom stereocenters. The van der Waals surface area contributed by atoms with E-state index in [-0.39, 0.29) is 5.91 Å². The number of para-hydroxylation sites is 2. The van der Waals surface area contributed by atoms with Crippen molar-refractivity contribution in [2.24, 2.45) is 0 Å². The summed E-state index contributed by atoms with van der Waals surface area (Å²) in [5.41, 5.74) is 3.18. The van der Waals surface area contributed by atoms with Crippen molar-refractivity contribution in [1.82, 2.24) is 14.9 Å². The molecule has 3 aromatic rings. The van der Waals surface area contributed by atoms with Crippen LogP contribution in [-0.4, -0.2) is 26.2 Å². The number of amides is 1. The molecule has 0 aliphatic heterocycles. The molecule has 25 heavy (non-hydrogen) atoms. The predicted octanol–water partition coefficient (Wildman–Crippen LogP) is 2.62. The van der Waals surface area contributed by atoms with Crippen LogP contribution in [0.25, 0.3) is 11.0 Å². The molecule has 1 saturated carbocycles. The number of nitrogens with zero attached hydrogens (tertiary/aromatic N) is 2. The van der Waals surface area contributed by atoms with Gasteiger partial charge in [0.1, 0.15) is 5.60 Å². The number of fused-ring (bicyclic) bond motifs is 1. The zero-order valence-electron chi connectivity index (χ0n) is 14.0. The first kappa shape index (κ1) is 15.8. The Morgan fingerprint density at radius 1 is 1.12 bits per heavy atom. The van der Waals surface area contributed by atoms with E-state index in [1.54, 1.807) is 0 Å². The maximum absolute atomic E-state index is 12.0. The van der Waals surface area contributed by atoms with Crippen molar-refractivity contribution in [2.45, 2.75) is 38.0 Å². The van der Waals surface area contributed by atoms with Gasteiger partial charge < -0.3 is 15.0 Å². The van der Waals surface area contributed by atoms with Crippen molar-refractivity contribution in [3.63, 3.8) is 0 Å². The van der Waals surface area contributed by atoms with Gasteiger partial charge in [-0.2, -0.15) is 0 Å². The fourth-order valence-electron chi connectivity index (χ4n) is 3.18. The molecule has 5 heteroatoms. The van der Waals surface area contributed by atoms with Crippen molar-refractivity contribution in [1.29, 1.82) is 0 Å². The highest BCUT2D eigenvalue weighted by molar-refractivity contribution is 5.85. The highest BCUT2D eigenvalue weighted by atomic mass is 16.3. The van der Waals surface area contributed by atoms with E-state index in [2.05, 4.69) is 33.1 Å². The molecule has 4 rings (SSSR count). The molecule has 0 unspecified atom stereocenters. The number of rotatable bonds is 5. The first-order valence-electron chi connectivity index (χ1n) is 8.62. The summed E-state index contributed by atoms with van der Waals surface area (Å²) in [7, 11) is 0. The molecule has 1 fully saturated rings. The fourth-order valence-corrected chi connectivity index (χ4v) is 3.18. The van der Waals surface area contributed by atoms with Gasteiger partial charge >= 0.3 is 0 Å². The standard InChI is InChI=1S/C20H21N3O2/c24-19(20(25)10-3-11-20)21-12-15-6-8-16(9-7-15)13-23-14-22-17-4-1-2-5-18(17)23/h1-2,4-9,14,25H,3,10-13H2,(H,21,24). The van der Waals surface area contributed by atoms with Crippen LogP contribution in [0.5, 0.6) is 0 Å². The lowest BCUT2D eigenvalue weighted by Crippen LogP contribution is -2.51. The highest BCUT2D eigenvalue weighted by Crippen LogP contribution is 2.31. The first-order chi connectivity index (χ1) is 12.1. The van der Waals surface area contributed by atoms with E-state index >= 15 is 0 Å². The first-order valence-corrected chi connectivity index (χ1v) is 8.62. The molecule has 0 bridgehead atoms. The number of carbonyl (C=O) groups is 1. The smallest absolute Gasteiger partial charge is 0.252 e. The Morgan fingerprint density at radius 2 is 1.84 bits per heavy atom. The van der Waals surface area contributed by atoms with Gasteiger partial charge in [0.25, 0.3) is 5.91 Å². The molecular weight excluding hydrogens is 314 g/mol. The van der Waals surface area contributed by atoms with Crippen LogP contribution in [-0.2, 0) is 17.9 Å². The monoisotopic (exact) mass is 335 g/mol. The Balaban J connectivity index is 1.39. The van der Waals surface area contributed by atoms with Gasteiger partial charge in [-0.05, 0) is 42.5 Å². The van der Waals surface area contributed by atoms with Crippen LogP contribution in [0, 0.1) is 0 Å². The second-order valence-corrected chi connectivity index (χ2v) is 6.75. The van der Waals surface area contributed by atoms with E-state index in [4.69, 9.17) is 0 Å². The molecule has 1 heterocycles. The van der Waals surface area contributed by atoms with Crippen molar-refractivity contribution in [3.05, 3.63) is 66.0 Å². The van der Waals surface area contributed by atoms with Crippen LogP contribution in [0.3, 0.4) is 0 Å². The molecule has 0 spiro atoms. The maximum atomic E-state index is 12.0. The molecule has 0 saturated heterocycles. The van der Waals surface area contributed by atoms with Gasteiger partial charge in [-0.1, -0.05) is 36.4 Å². The summed E-state index contributed by atoms with van der Waals surface area (Å²) >= 11 is 0. The quantitative estimate of drug-likeness (QED) is 0.753. The molecule has 1 amide bonds. The number of imidazole rings is 1. The number of carbonyl (C=O) groups excluding carboxylic acids is 1. The third kappa shape index (κ3) is 3.15. The molecule has 1 aliphatic rings.